The molecule has 1 N–H and O–H groups in total. The van der Waals surface area contributed by atoms with Crippen molar-refractivity contribution in [3.8, 4) is 0 Å². The fourth-order valence-electron chi connectivity index (χ4n) is 4.13. The van der Waals surface area contributed by atoms with Gasteiger partial charge in [0, 0.05) is 24.2 Å². The van der Waals surface area contributed by atoms with E-state index in [0.717, 1.165) is 56.4 Å². The van der Waals surface area contributed by atoms with Gasteiger partial charge in [0.05, 0.1) is 0 Å². The summed E-state index contributed by atoms with van der Waals surface area (Å²) in [6, 6.07) is 10.2. The summed E-state index contributed by atoms with van der Waals surface area (Å²) in [7, 11) is 1.71. The quantitative estimate of drug-likeness (QED) is 0.308. The Bertz CT molecular complexity index is 1050. The van der Waals surface area contributed by atoms with Gasteiger partial charge in [0.15, 0.2) is 5.78 Å². The lowest BCUT2D eigenvalue weighted by Crippen LogP contribution is -2.44. The molecule has 1 atom stereocenters. The molecule has 6 nitrogen and oxygen atoms in total. The zero-order valence-electron chi connectivity index (χ0n) is 19.7. The average Bonchev–Trinajstić information content (AvgIpc) is 2.84. The summed E-state index contributed by atoms with van der Waals surface area (Å²) >= 11 is 0. The first-order valence-electron chi connectivity index (χ1n) is 11.7. The Hall–Kier alpha value is -3.39. The number of hydrogen-bond donors (Lipinski definition) is 1. The number of allylic oxidation sites excluding steroid dienone is 1. The molecule has 1 aliphatic carbocycles. The number of ether oxygens (including phenoxy) is 1. The highest BCUT2D eigenvalue weighted by molar-refractivity contribution is 6.06. The van der Waals surface area contributed by atoms with Crippen molar-refractivity contribution in [2.24, 2.45) is 0 Å². The normalized spacial score (nSPS) is 15.2. The van der Waals surface area contributed by atoms with E-state index in [4.69, 9.17) is 4.74 Å². The molecule has 2 aromatic carbocycles. The second-order valence-corrected chi connectivity index (χ2v) is 8.65. The number of ketones is 1. The van der Waals surface area contributed by atoms with E-state index in [1.54, 1.807) is 24.1 Å². The predicted octanol–water partition coefficient (Wildman–Crippen LogP) is 4.37. The van der Waals surface area contributed by atoms with Crippen LogP contribution in [-0.2, 0) is 14.3 Å². The number of carbonyl (C=O) groups excluding carboxylic acids is 3. The van der Waals surface area contributed by atoms with Crippen LogP contribution in [0.25, 0.3) is 0 Å². The van der Waals surface area contributed by atoms with E-state index >= 15 is 0 Å². The SMILES string of the molecule is CN(CCOC(=O)/C=C/C(=O)c1ccc(F)cc1)C(C(=O)NC1CCCCC1)c1cccc(F)c1. The molecular weight excluding hydrogens is 454 g/mol. The van der Waals surface area contributed by atoms with Crippen LogP contribution in [0.1, 0.15) is 54.1 Å². The fraction of sp³-hybridized carbons (Fsp3) is 0.370. The highest BCUT2D eigenvalue weighted by Gasteiger charge is 2.28. The maximum Gasteiger partial charge on any atom is 0.330 e. The summed E-state index contributed by atoms with van der Waals surface area (Å²) in [6.45, 7) is 0.178. The van der Waals surface area contributed by atoms with Gasteiger partial charge in [-0.25, -0.2) is 13.6 Å². The molecule has 0 aliphatic heterocycles. The summed E-state index contributed by atoms with van der Waals surface area (Å²) in [5.41, 5.74) is 0.758. The molecule has 1 saturated carbocycles. The van der Waals surface area contributed by atoms with Crippen molar-refractivity contribution in [2.75, 3.05) is 20.2 Å². The lowest BCUT2D eigenvalue weighted by molar-refractivity contribution is -0.138. The van der Waals surface area contributed by atoms with Gasteiger partial charge in [0.1, 0.15) is 24.3 Å². The molecule has 186 valence electrons. The van der Waals surface area contributed by atoms with Crippen LogP contribution in [0.4, 0.5) is 8.78 Å². The van der Waals surface area contributed by atoms with Gasteiger partial charge in [0.25, 0.3) is 0 Å². The Morgan fingerprint density at radius 2 is 1.74 bits per heavy atom. The fourth-order valence-corrected chi connectivity index (χ4v) is 4.13. The average molecular weight is 485 g/mol. The van der Waals surface area contributed by atoms with Crippen molar-refractivity contribution in [1.29, 1.82) is 0 Å². The number of carbonyl (C=O) groups is 3. The van der Waals surface area contributed by atoms with E-state index < -0.39 is 29.4 Å². The first-order valence-corrected chi connectivity index (χ1v) is 11.7. The number of nitrogens with one attached hydrogen (secondary N) is 1. The van der Waals surface area contributed by atoms with Gasteiger partial charge < -0.3 is 10.1 Å². The Morgan fingerprint density at radius 1 is 1.03 bits per heavy atom. The standard InChI is InChI=1S/C27H30F2N2O4/c1-31(16-17-35-25(33)15-14-24(32)19-10-12-21(28)13-11-19)26(20-6-5-7-22(29)18-20)27(34)30-23-8-3-2-4-9-23/h5-7,10-15,18,23,26H,2-4,8-9,16-17H2,1H3,(H,30,34)/b15-14+. The van der Waals surface area contributed by atoms with Crippen LogP contribution < -0.4 is 5.32 Å². The molecule has 8 heteroatoms. The maximum absolute atomic E-state index is 13.9. The van der Waals surface area contributed by atoms with Gasteiger partial charge in [-0.2, -0.15) is 0 Å². The lowest BCUT2D eigenvalue weighted by atomic mass is 9.94. The summed E-state index contributed by atoms with van der Waals surface area (Å²) in [4.78, 5) is 38.9. The third-order valence-electron chi connectivity index (χ3n) is 5.99. The number of halogens is 2. The zero-order chi connectivity index (χ0) is 25.2. The molecule has 0 bridgehead atoms. The molecule has 1 fully saturated rings. The Kier molecular flexibility index (Phi) is 9.66. The van der Waals surface area contributed by atoms with Crippen molar-refractivity contribution in [2.45, 2.75) is 44.2 Å². The van der Waals surface area contributed by atoms with Crippen molar-refractivity contribution in [3.63, 3.8) is 0 Å². The second-order valence-electron chi connectivity index (χ2n) is 8.65. The minimum absolute atomic E-state index is 0.0348. The van der Waals surface area contributed by atoms with E-state index in [2.05, 4.69) is 5.32 Å². The largest absolute Gasteiger partial charge is 0.461 e. The minimum atomic E-state index is -0.748. The lowest BCUT2D eigenvalue weighted by Gasteiger charge is -2.30. The molecule has 0 radical (unpaired) electrons. The van der Waals surface area contributed by atoms with E-state index in [-0.39, 0.29) is 30.7 Å². The number of amides is 1. The number of esters is 1. The maximum atomic E-state index is 13.9. The van der Waals surface area contributed by atoms with Crippen molar-refractivity contribution < 1.29 is 27.9 Å². The summed E-state index contributed by atoms with van der Waals surface area (Å²) in [6.07, 6.45) is 7.21. The molecule has 0 saturated heterocycles. The van der Waals surface area contributed by atoms with Gasteiger partial charge in [0.2, 0.25) is 5.91 Å². The molecule has 1 aliphatic rings. The van der Waals surface area contributed by atoms with Crippen molar-refractivity contribution in [3.05, 3.63) is 83.4 Å². The second kappa shape index (κ2) is 12.9. The van der Waals surface area contributed by atoms with Crippen LogP contribution >= 0.6 is 0 Å². The first kappa shape index (κ1) is 26.2. The van der Waals surface area contributed by atoms with Crippen LogP contribution in [0.15, 0.2) is 60.7 Å². The van der Waals surface area contributed by atoms with Crippen LogP contribution in [0.5, 0.6) is 0 Å². The smallest absolute Gasteiger partial charge is 0.330 e. The van der Waals surface area contributed by atoms with E-state index in [1.807, 2.05) is 0 Å². The third-order valence-corrected chi connectivity index (χ3v) is 5.99. The Balaban J connectivity index is 1.56. The third kappa shape index (κ3) is 8.10. The molecule has 1 unspecified atom stereocenters. The summed E-state index contributed by atoms with van der Waals surface area (Å²) in [5, 5.41) is 3.09. The van der Waals surface area contributed by atoms with Gasteiger partial charge in [-0.1, -0.05) is 31.4 Å². The zero-order valence-corrected chi connectivity index (χ0v) is 19.7. The highest BCUT2D eigenvalue weighted by Crippen LogP contribution is 2.23. The molecular formula is C27H30F2N2O4. The Labute approximate surface area is 204 Å². The molecule has 0 spiro atoms. The number of benzene rings is 2. The predicted molar refractivity (Wildman–Crippen MR) is 128 cm³/mol. The van der Waals surface area contributed by atoms with E-state index in [1.165, 1.54) is 24.3 Å². The number of hydrogen-bond acceptors (Lipinski definition) is 5. The monoisotopic (exact) mass is 484 g/mol. The number of nitrogens with zero attached hydrogens (tertiary/aromatic N) is 1. The van der Waals surface area contributed by atoms with Gasteiger partial charge in [-0.3, -0.25) is 14.5 Å². The van der Waals surface area contributed by atoms with E-state index in [0.29, 0.717) is 5.56 Å². The van der Waals surface area contributed by atoms with Gasteiger partial charge >= 0.3 is 5.97 Å². The van der Waals surface area contributed by atoms with Crippen LogP contribution in [-0.4, -0.2) is 48.8 Å². The van der Waals surface area contributed by atoms with Gasteiger partial charge in [-0.15, -0.1) is 0 Å². The minimum Gasteiger partial charge on any atom is -0.461 e. The summed E-state index contributed by atoms with van der Waals surface area (Å²) in [5.74, 6) is -2.29. The highest BCUT2D eigenvalue weighted by atomic mass is 19.1. The Morgan fingerprint density at radius 3 is 2.43 bits per heavy atom. The molecule has 0 aromatic heterocycles. The molecule has 3 rings (SSSR count). The first-order chi connectivity index (χ1) is 16.8. The van der Waals surface area contributed by atoms with Crippen molar-refractivity contribution >= 4 is 17.7 Å². The molecule has 1 amide bonds. The number of rotatable bonds is 10. The number of likely N-dealkylation sites (N-methyl/N-ethyl adjacent to an activating group) is 1. The van der Waals surface area contributed by atoms with Crippen molar-refractivity contribution in [1.82, 2.24) is 10.2 Å². The van der Waals surface area contributed by atoms with E-state index in [9.17, 15) is 23.2 Å². The summed E-state index contributed by atoms with van der Waals surface area (Å²) < 4.78 is 32.0. The molecule has 35 heavy (non-hydrogen) atoms. The van der Waals surface area contributed by atoms with Crippen LogP contribution in [0, 0.1) is 11.6 Å². The molecule has 2 aromatic rings. The molecule has 0 heterocycles. The topological polar surface area (TPSA) is 75.7 Å². The van der Waals surface area contributed by atoms with Crippen LogP contribution in [0.3, 0.4) is 0 Å². The van der Waals surface area contributed by atoms with Crippen LogP contribution in [0.2, 0.25) is 0 Å². The van der Waals surface area contributed by atoms with Gasteiger partial charge in [-0.05, 0) is 67.9 Å².